The van der Waals surface area contributed by atoms with E-state index in [2.05, 4.69) is 6.58 Å². The second kappa shape index (κ2) is 2.59. The molecule has 0 aromatic carbocycles. The molecule has 1 N–H and O–H groups in total. The number of hydrogen-bond donors (Lipinski definition) is 1. The van der Waals surface area contributed by atoms with E-state index >= 15 is 0 Å². The summed E-state index contributed by atoms with van der Waals surface area (Å²) in [6, 6.07) is 0. The van der Waals surface area contributed by atoms with Crippen molar-refractivity contribution in [1.82, 2.24) is 0 Å². The first kappa shape index (κ1) is 8.31. The van der Waals surface area contributed by atoms with Gasteiger partial charge < -0.3 is 5.11 Å². The maximum absolute atomic E-state index is 10.2. The van der Waals surface area contributed by atoms with Gasteiger partial charge in [-0.1, -0.05) is 25.3 Å². The third kappa shape index (κ3) is 0.891. The van der Waals surface area contributed by atoms with Gasteiger partial charge >= 0.3 is 0 Å². The third-order valence-corrected chi connectivity index (χ3v) is 4.05. The minimum Gasteiger partial charge on any atom is -0.385 e. The van der Waals surface area contributed by atoms with E-state index in [1.807, 2.05) is 0 Å². The molecule has 0 aromatic rings. The normalized spacial score (nSPS) is 39.1. The Morgan fingerprint density at radius 3 is 2.08 bits per heavy atom. The lowest BCUT2D eigenvalue weighted by molar-refractivity contribution is -0.148. The summed E-state index contributed by atoms with van der Waals surface area (Å²) in [6.07, 6.45) is 10.3. The summed E-state index contributed by atoms with van der Waals surface area (Å²) in [5.41, 5.74) is -0.263. The van der Waals surface area contributed by atoms with Crippen LogP contribution in [0.3, 0.4) is 0 Å². The highest BCUT2D eigenvalue weighted by Crippen LogP contribution is 2.58. The minimum atomic E-state index is -0.507. The van der Waals surface area contributed by atoms with Crippen LogP contribution in [0.15, 0.2) is 12.7 Å². The lowest BCUT2D eigenvalue weighted by Gasteiger charge is -2.57. The monoisotopic (exact) mass is 166 g/mol. The number of rotatable bonds is 1. The van der Waals surface area contributed by atoms with E-state index in [0.717, 1.165) is 6.42 Å². The van der Waals surface area contributed by atoms with E-state index in [-0.39, 0.29) is 5.41 Å². The maximum atomic E-state index is 10.2. The maximum Gasteiger partial charge on any atom is 0.0881 e. The fourth-order valence-corrected chi connectivity index (χ4v) is 2.96. The number of aliphatic hydroxyl groups is 1. The Balaban J connectivity index is 2.14. The second-order valence-electron chi connectivity index (χ2n) is 4.47. The van der Waals surface area contributed by atoms with Gasteiger partial charge in [-0.25, -0.2) is 0 Å². The molecule has 0 saturated heterocycles. The molecule has 1 atom stereocenters. The van der Waals surface area contributed by atoms with Crippen molar-refractivity contribution >= 4 is 0 Å². The molecule has 1 unspecified atom stereocenters. The molecule has 0 aliphatic heterocycles. The van der Waals surface area contributed by atoms with Crippen LogP contribution in [0.1, 0.15) is 44.9 Å². The van der Waals surface area contributed by atoms with Crippen molar-refractivity contribution in [2.45, 2.75) is 50.5 Å². The van der Waals surface area contributed by atoms with Crippen LogP contribution in [0.5, 0.6) is 0 Å². The van der Waals surface area contributed by atoms with Crippen molar-refractivity contribution in [2.24, 2.45) is 5.41 Å². The molecular formula is C11H18O. The van der Waals surface area contributed by atoms with E-state index in [0.29, 0.717) is 0 Å². The lowest BCUT2D eigenvalue weighted by atomic mass is 9.51. The Labute approximate surface area is 74.5 Å². The molecule has 1 spiro atoms. The quantitative estimate of drug-likeness (QED) is 0.594. The van der Waals surface area contributed by atoms with Crippen molar-refractivity contribution in [1.29, 1.82) is 0 Å². The molecular weight excluding hydrogens is 148 g/mol. The summed E-state index contributed by atoms with van der Waals surface area (Å²) in [7, 11) is 0. The zero-order valence-electron chi connectivity index (χ0n) is 7.68. The zero-order chi connectivity index (χ0) is 8.66. The van der Waals surface area contributed by atoms with Gasteiger partial charge in [0, 0.05) is 5.41 Å². The summed E-state index contributed by atoms with van der Waals surface area (Å²) in [5, 5.41) is 10.2. The Hall–Kier alpha value is -0.300. The molecule has 2 saturated carbocycles. The van der Waals surface area contributed by atoms with Crippen LogP contribution in [0.4, 0.5) is 0 Å². The van der Waals surface area contributed by atoms with Crippen LogP contribution in [0, 0.1) is 5.41 Å². The van der Waals surface area contributed by atoms with Gasteiger partial charge in [0.2, 0.25) is 0 Å². The van der Waals surface area contributed by atoms with Gasteiger partial charge in [0.05, 0.1) is 5.60 Å². The first-order valence-corrected chi connectivity index (χ1v) is 5.08. The third-order valence-electron chi connectivity index (χ3n) is 4.05. The molecule has 2 aliphatic rings. The van der Waals surface area contributed by atoms with Gasteiger partial charge in [-0.15, -0.1) is 6.58 Å². The Bertz CT molecular complexity index is 191. The minimum absolute atomic E-state index is 0.243. The van der Waals surface area contributed by atoms with Crippen LogP contribution < -0.4 is 0 Å². The highest BCUT2D eigenvalue weighted by Gasteiger charge is 2.55. The van der Waals surface area contributed by atoms with Gasteiger partial charge in [0.25, 0.3) is 0 Å². The summed E-state index contributed by atoms with van der Waals surface area (Å²) >= 11 is 0. The molecule has 1 nitrogen and oxygen atoms in total. The predicted octanol–water partition coefficient (Wildman–Crippen LogP) is 2.65. The van der Waals surface area contributed by atoms with Gasteiger partial charge in [-0.2, -0.15) is 0 Å². The molecule has 0 amide bonds. The molecule has 68 valence electrons. The van der Waals surface area contributed by atoms with Crippen molar-refractivity contribution < 1.29 is 5.11 Å². The van der Waals surface area contributed by atoms with Gasteiger partial charge in [-0.3, -0.25) is 0 Å². The van der Waals surface area contributed by atoms with E-state index < -0.39 is 5.60 Å². The highest BCUT2D eigenvalue weighted by molar-refractivity contribution is 5.16. The summed E-state index contributed by atoms with van der Waals surface area (Å²) in [5.74, 6) is 0. The van der Waals surface area contributed by atoms with Gasteiger partial charge in [-0.05, 0) is 25.7 Å². The van der Waals surface area contributed by atoms with Crippen molar-refractivity contribution in [3.8, 4) is 0 Å². The standard InChI is InChI=1S/C11H18O/c1-2-11(12)9-8-10(11)6-4-3-5-7-10/h2,12H,1,3-9H2. The van der Waals surface area contributed by atoms with Gasteiger partial charge in [0.1, 0.15) is 0 Å². The highest BCUT2D eigenvalue weighted by atomic mass is 16.3. The summed E-state index contributed by atoms with van der Waals surface area (Å²) in [4.78, 5) is 0. The molecule has 2 fully saturated rings. The molecule has 0 heterocycles. The largest absolute Gasteiger partial charge is 0.385 e. The molecule has 12 heavy (non-hydrogen) atoms. The lowest BCUT2D eigenvalue weighted by Crippen LogP contribution is -2.56. The molecule has 2 rings (SSSR count). The van der Waals surface area contributed by atoms with E-state index in [4.69, 9.17) is 0 Å². The van der Waals surface area contributed by atoms with Crippen LogP contribution in [-0.4, -0.2) is 10.7 Å². The summed E-state index contributed by atoms with van der Waals surface area (Å²) in [6.45, 7) is 3.75. The predicted molar refractivity (Wildman–Crippen MR) is 49.9 cm³/mol. The Morgan fingerprint density at radius 1 is 1.00 bits per heavy atom. The Kier molecular flexibility index (Phi) is 1.80. The van der Waals surface area contributed by atoms with Crippen LogP contribution in [-0.2, 0) is 0 Å². The van der Waals surface area contributed by atoms with Gasteiger partial charge in [0.15, 0.2) is 0 Å². The SMILES string of the molecule is C=CC1(O)CCC12CCCCC2. The smallest absolute Gasteiger partial charge is 0.0881 e. The molecule has 0 aromatic heterocycles. The second-order valence-corrected chi connectivity index (χ2v) is 4.47. The molecule has 2 aliphatic carbocycles. The van der Waals surface area contributed by atoms with E-state index in [1.54, 1.807) is 6.08 Å². The first-order chi connectivity index (χ1) is 5.72. The van der Waals surface area contributed by atoms with Crippen molar-refractivity contribution in [3.05, 3.63) is 12.7 Å². The zero-order valence-corrected chi connectivity index (χ0v) is 7.68. The van der Waals surface area contributed by atoms with E-state index in [9.17, 15) is 5.11 Å². The van der Waals surface area contributed by atoms with E-state index in [1.165, 1.54) is 38.5 Å². The average Bonchev–Trinajstić information content (AvgIpc) is 2.16. The molecule has 0 bridgehead atoms. The summed E-state index contributed by atoms with van der Waals surface area (Å²) < 4.78 is 0. The average molecular weight is 166 g/mol. The molecule has 1 heteroatoms. The topological polar surface area (TPSA) is 20.2 Å². The van der Waals surface area contributed by atoms with Crippen molar-refractivity contribution in [2.75, 3.05) is 0 Å². The Morgan fingerprint density at radius 2 is 1.67 bits per heavy atom. The fraction of sp³-hybridized carbons (Fsp3) is 0.818. The van der Waals surface area contributed by atoms with Crippen LogP contribution in [0.25, 0.3) is 0 Å². The molecule has 0 radical (unpaired) electrons. The fourth-order valence-electron chi connectivity index (χ4n) is 2.96. The van der Waals surface area contributed by atoms with Crippen LogP contribution in [0.2, 0.25) is 0 Å². The van der Waals surface area contributed by atoms with Crippen molar-refractivity contribution in [3.63, 3.8) is 0 Å². The first-order valence-electron chi connectivity index (χ1n) is 5.08. The van der Waals surface area contributed by atoms with Crippen LogP contribution >= 0.6 is 0 Å². The number of hydrogen-bond acceptors (Lipinski definition) is 1.